The van der Waals surface area contributed by atoms with Crippen molar-refractivity contribution < 1.29 is 19.4 Å². The fraction of sp³-hybridized carbons (Fsp3) is 0.579. The summed E-state index contributed by atoms with van der Waals surface area (Å²) in [6, 6.07) is 8.16. The zero-order valence-electron chi connectivity index (χ0n) is 15.7. The van der Waals surface area contributed by atoms with Gasteiger partial charge in [0.1, 0.15) is 6.61 Å². The van der Waals surface area contributed by atoms with Gasteiger partial charge in [-0.1, -0.05) is 37.3 Å². The number of carbonyl (C=O) groups excluding carboxylic acids is 2. The van der Waals surface area contributed by atoms with Crippen molar-refractivity contribution in [1.82, 2.24) is 15.5 Å². The molecule has 7 heteroatoms. The Morgan fingerprint density at radius 1 is 1.35 bits per heavy atom. The molecule has 1 heterocycles. The normalized spacial score (nSPS) is 25.6. The predicted molar refractivity (Wildman–Crippen MR) is 98.6 cm³/mol. The van der Waals surface area contributed by atoms with E-state index in [1.165, 1.54) is 7.11 Å². The van der Waals surface area contributed by atoms with Crippen LogP contribution in [0.15, 0.2) is 30.3 Å². The van der Waals surface area contributed by atoms with Crippen LogP contribution in [-0.4, -0.2) is 60.4 Å². The highest BCUT2D eigenvalue weighted by Crippen LogP contribution is 2.37. The van der Waals surface area contributed by atoms with Crippen molar-refractivity contribution >= 4 is 11.9 Å². The number of hydrogen-bond acceptors (Lipinski definition) is 4. The van der Waals surface area contributed by atoms with E-state index in [1.807, 2.05) is 37.3 Å². The van der Waals surface area contributed by atoms with E-state index in [-0.39, 0.29) is 18.5 Å². The number of ether oxygens (including phenoxy) is 1. The van der Waals surface area contributed by atoms with E-state index in [0.29, 0.717) is 19.5 Å². The lowest BCUT2D eigenvalue weighted by molar-refractivity contribution is -0.131. The Labute approximate surface area is 154 Å². The molecule has 26 heavy (non-hydrogen) atoms. The van der Waals surface area contributed by atoms with Gasteiger partial charge in [-0.05, 0) is 25.3 Å². The molecule has 3 N–H and O–H groups in total. The Bertz CT molecular complexity index is 606. The minimum absolute atomic E-state index is 0.101. The molecule has 0 radical (unpaired) electrons. The highest BCUT2D eigenvalue weighted by atomic mass is 16.5. The third-order valence-electron chi connectivity index (χ3n) is 4.70. The first kappa shape index (κ1) is 20.2. The number of hydrogen-bond donors (Lipinski definition) is 3. The number of amides is 3. The minimum atomic E-state index is -1.15. The molecule has 0 spiro atoms. The van der Waals surface area contributed by atoms with Crippen molar-refractivity contribution in [2.75, 3.05) is 26.8 Å². The Balaban J connectivity index is 2.37. The number of aliphatic hydroxyl groups is 1. The molecule has 2 rings (SSSR count). The van der Waals surface area contributed by atoms with Crippen molar-refractivity contribution in [1.29, 1.82) is 0 Å². The van der Waals surface area contributed by atoms with Gasteiger partial charge in [-0.3, -0.25) is 4.79 Å². The van der Waals surface area contributed by atoms with Crippen LogP contribution in [0.25, 0.3) is 0 Å². The molecule has 144 valence electrons. The standard InChI is InChI=1S/C19H29N3O4/c1-4-11-20-18(24)22-12-10-19(2,25)17(21-15(23)13-26-3)16(22)14-8-6-5-7-9-14/h5-9,16-17,25H,4,10-13H2,1-3H3,(H,20,24)(H,21,23)/t16-,17-,19+/m0/s1. The van der Waals surface area contributed by atoms with E-state index in [2.05, 4.69) is 10.6 Å². The van der Waals surface area contributed by atoms with Gasteiger partial charge < -0.3 is 25.4 Å². The molecule has 7 nitrogen and oxygen atoms in total. The van der Waals surface area contributed by atoms with Crippen molar-refractivity contribution in [2.24, 2.45) is 0 Å². The minimum Gasteiger partial charge on any atom is -0.388 e. The predicted octanol–water partition coefficient (Wildman–Crippen LogP) is 1.44. The molecule has 0 aromatic heterocycles. The number of rotatable bonds is 6. The second kappa shape index (κ2) is 9.00. The summed E-state index contributed by atoms with van der Waals surface area (Å²) in [5, 5.41) is 16.7. The maximum Gasteiger partial charge on any atom is 0.317 e. The Kier molecular flexibility index (Phi) is 6.99. The molecule has 1 saturated heterocycles. The molecule has 0 aliphatic carbocycles. The van der Waals surface area contributed by atoms with Crippen molar-refractivity contribution in [3.8, 4) is 0 Å². The zero-order valence-corrected chi connectivity index (χ0v) is 15.7. The van der Waals surface area contributed by atoms with Crippen LogP contribution in [0.5, 0.6) is 0 Å². The quantitative estimate of drug-likeness (QED) is 0.713. The number of likely N-dealkylation sites (tertiary alicyclic amines) is 1. The number of nitrogens with one attached hydrogen (secondary N) is 2. The monoisotopic (exact) mass is 363 g/mol. The van der Waals surface area contributed by atoms with Crippen LogP contribution < -0.4 is 10.6 Å². The Morgan fingerprint density at radius 3 is 2.65 bits per heavy atom. The first-order valence-electron chi connectivity index (χ1n) is 9.00. The SMILES string of the molecule is CCCNC(=O)N1CC[C@@](C)(O)[C@@H](NC(=O)COC)[C@@H]1c1ccccc1. The maximum atomic E-state index is 12.7. The van der Waals surface area contributed by atoms with Crippen molar-refractivity contribution in [3.63, 3.8) is 0 Å². The zero-order chi connectivity index (χ0) is 19.2. The van der Waals surface area contributed by atoms with Crippen LogP contribution in [0.3, 0.4) is 0 Å². The average Bonchev–Trinajstić information content (AvgIpc) is 2.62. The highest BCUT2D eigenvalue weighted by molar-refractivity contribution is 5.78. The number of nitrogens with zero attached hydrogens (tertiary/aromatic N) is 1. The van der Waals surface area contributed by atoms with E-state index in [1.54, 1.807) is 11.8 Å². The summed E-state index contributed by atoms with van der Waals surface area (Å²) in [4.78, 5) is 26.6. The fourth-order valence-corrected chi connectivity index (χ4v) is 3.33. The van der Waals surface area contributed by atoms with E-state index < -0.39 is 17.7 Å². The molecule has 0 unspecified atom stereocenters. The van der Waals surface area contributed by atoms with Crippen LogP contribution in [0.4, 0.5) is 4.79 Å². The molecule has 3 atom stereocenters. The topological polar surface area (TPSA) is 90.9 Å². The first-order valence-corrected chi connectivity index (χ1v) is 9.00. The van der Waals surface area contributed by atoms with Gasteiger partial charge in [-0.25, -0.2) is 4.79 Å². The van der Waals surface area contributed by atoms with Crippen LogP contribution >= 0.6 is 0 Å². The first-order chi connectivity index (χ1) is 12.4. The van der Waals surface area contributed by atoms with Gasteiger partial charge >= 0.3 is 6.03 Å². The summed E-state index contributed by atoms with van der Waals surface area (Å²) >= 11 is 0. The summed E-state index contributed by atoms with van der Waals surface area (Å²) in [7, 11) is 1.44. The largest absolute Gasteiger partial charge is 0.388 e. The van der Waals surface area contributed by atoms with E-state index in [9.17, 15) is 14.7 Å². The molecular weight excluding hydrogens is 334 g/mol. The van der Waals surface area contributed by atoms with Crippen molar-refractivity contribution in [2.45, 2.75) is 44.4 Å². The van der Waals surface area contributed by atoms with Crippen LogP contribution in [0.2, 0.25) is 0 Å². The van der Waals surface area contributed by atoms with E-state index in [4.69, 9.17) is 4.74 Å². The van der Waals surface area contributed by atoms with Gasteiger partial charge in [0.2, 0.25) is 5.91 Å². The van der Waals surface area contributed by atoms with Crippen LogP contribution in [0, 0.1) is 0 Å². The summed E-state index contributed by atoms with van der Waals surface area (Å²) in [5.74, 6) is -0.325. The number of methoxy groups -OCH3 is 1. The molecular formula is C19H29N3O4. The third-order valence-corrected chi connectivity index (χ3v) is 4.70. The smallest absolute Gasteiger partial charge is 0.317 e. The highest BCUT2D eigenvalue weighted by Gasteiger charge is 2.47. The number of carbonyl (C=O) groups is 2. The number of urea groups is 1. The molecule has 1 aliphatic heterocycles. The summed E-state index contributed by atoms with van der Waals surface area (Å²) in [6.45, 7) is 4.56. The van der Waals surface area contributed by atoms with Crippen molar-refractivity contribution in [3.05, 3.63) is 35.9 Å². The molecule has 1 aromatic rings. The van der Waals surface area contributed by atoms with Crippen LogP contribution in [-0.2, 0) is 9.53 Å². The lowest BCUT2D eigenvalue weighted by Gasteiger charge is -2.49. The number of piperidine rings is 1. The Morgan fingerprint density at radius 2 is 2.04 bits per heavy atom. The second-order valence-electron chi connectivity index (χ2n) is 6.87. The molecule has 3 amide bonds. The summed E-state index contributed by atoms with van der Waals surface area (Å²) < 4.78 is 4.90. The average molecular weight is 363 g/mol. The lowest BCUT2D eigenvalue weighted by Crippen LogP contribution is -2.64. The molecule has 0 bridgehead atoms. The fourth-order valence-electron chi connectivity index (χ4n) is 3.33. The maximum absolute atomic E-state index is 12.7. The van der Waals surface area contributed by atoms with Gasteiger partial charge in [0.15, 0.2) is 0 Å². The third kappa shape index (κ3) is 4.74. The second-order valence-corrected chi connectivity index (χ2v) is 6.87. The van der Waals surface area contributed by atoms with Gasteiger partial charge in [-0.2, -0.15) is 0 Å². The van der Waals surface area contributed by atoms with Gasteiger partial charge in [0.25, 0.3) is 0 Å². The van der Waals surface area contributed by atoms with Crippen LogP contribution in [0.1, 0.15) is 38.3 Å². The Hall–Kier alpha value is -2.12. The molecule has 1 aromatic carbocycles. The van der Waals surface area contributed by atoms with E-state index >= 15 is 0 Å². The molecule has 0 saturated carbocycles. The van der Waals surface area contributed by atoms with Gasteiger partial charge in [-0.15, -0.1) is 0 Å². The van der Waals surface area contributed by atoms with Gasteiger partial charge in [0, 0.05) is 20.2 Å². The summed E-state index contributed by atoms with van der Waals surface area (Å²) in [5.41, 5.74) is -0.285. The molecule has 1 aliphatic rings. The number of benzene rings is 1. The lowest BCUT2D eigenvalue weighted by atomic mass is 9.79. The molecule has 1 fully saturated rings. The van der Waals surface area contributed by atoms with Gasteiger partial charge in [0.05, 0.1) is 17.7 Å². The summed E-state index contributed by atoms with van der Waals surface area (Å²) in [6.07, 6.45) is 1.20. The van der Waals surface area contributed by atoms with E-state index in [0.717, 1.165) is 12.0 Å².